The Morgan fingerprint density at radius 1 is 1.67 bits per heavy atom. The monoisotopic (exact) mass is 247 g/mol. The fourth-order valence-corrected chi connectivity index (χ4v) is 0.964. The fourth-order valence-electron chi connectivity index (χ4n) is 0.680. The summed E-state index contributed by atoms with van der Waals surface area (Å²) in [7, 11) is 0. The van der Waals surface area contributed by atoms with Crippen LogP contribution in [0.3, 0.4) is 0 Å². The van der Waals surface area contributed by atoms with Crippen LogP contribution in [0.2, 0.25) is 0 Å². The van der Waals surface area contributed by atoms with Crippen molar-refractivity contribution in [1.82, 2.24) is 0 Å². The Kier molecular flexibility index (Phi) is 7.17. The Balaban J connectivity index is 4.72. The van der Waals surface area contributed by atoms with Gasteiger partial charge in [0.05, 0.1) is 17.2 Å². The average molecular weight is 248 g/mol. The molecule has 0 spiro atoms. The Morgan fingerprint density at radius 2 is 2.27 bits per heavy atom. The molecule has 0 rings (SSSR count). The van der Waals surface area contributed by atoms with Gasteiger partial charge in [-0.25, -0.2) is 9.79 Å². The van der Waals surface area contributed by atoms with E-state index in [0.717, 1.165) is 0 Å². The van der Waals surface area contributed by atoms with E-state index in [0.29, 0.717) is 16.7 Å². The van der Waals surface area contributed by atoms with Gasteiger partial charge in [-0.2, -0.15) is 0 Å². The molecule has 0 atom stereocenters. The van der Waals surface area contributed by atoms with Gasteiger partial charge in [0, 0.05) is 11.2 Å². The molecule has 0 aliphatic rings. The molecule has 0 unspecified atom stereocenters. The van der Waals surface area contributed by atoms with Crippen molar-refractivity contribution in [2.24, 2.45) is 4.99 Å². The molecule has 0 amide bonds. The number of allylic oxidation sites excluding steroid dienone is 1. The zero-order valence-corrected chi connectivity index (χ0v) is 10.6. The standard InChI is InChI=1S/C10H14ClNO2S/c1-5-14-10(13)9(7(2)11)6-12-8(3)15-4/h6H,3,5H2,1-2,4H3/b9-7-,12-6-. The normalized spacial score (nSPS) is 12.5. The van der Waals surface area contributed by atoms with Gasteiger partial charge in [0.1, 0.15) is 0 Å². The lowest BCUT2D eigenvalue weighted by molar-refractivity contribution is -0.137. The first-order valence-corrected chi connectivity index (χ1v) is 5.93. The van der Waals surface area contributed by atoms with E-state index in [4.69, 9.17) is 16.3 Å². The number of halogens is 1. The molecule has 0 bridgehead atoms. The molecular weight excluding hydrogens is 234 g/mol. The predicted molar refractivity (Wildman–Crippen MR) is 66.3 cm³/mol. The van der Waals surface area contributed by atoms with Crippen LogP contribution in [-0.2, 0) is 9.53 Å². The van der Waals surface area contributed by atoms with Gasteiger partial charge in [-0.1, -0.05) is 18.2 Å². The van der Waals surface area contributed by atoms with E-state index in [9.17, 15) is 4.79 Å². The number of nitrogens with zero attached hydrogens (tertiary/aromatic N) is 1. The molecule has 0 N–H and O–H groups in total. The van der Waals surface area contributed by atoms with Gasteiger partial charge in [0.2, 0.25) is 0 Å². The molecule has 0 fully saturated rings. The number of thioether (sulfide) groups is 1. The molecule has 0 radical (unpaired) electrons. The highest BCUT2D eigenvalue weighted by molar-refractivity contribution is 8.02. The smallest absolute Gasteiger partial charge is 0.340 e. The van der Waals surface area contributed by atoms with Crippen LogP contribution in [0.5, 0.6) is 0 Å². The zero-order chi connectivity index (χ0) is 11.8. The largest absolute Gasteiger partial charge is 0.462 e. The highest BCUT2D eigenvalue weighted by atomic mass is 35.5. The van der Waals surface area contributed by atoms with Crippen molar-refractivity contribution in [2.75, 3.05) is 12.9 Å². The van der Waals surface area contributed by atoms with Crippen molar-refractivity contribution in [2.45, 2.75) is 13.8 Å². The van der Waals surface area contributed by atoms with E-state index in [1.54, 1.807) is 13.8 Å². The second-order valence-corrected chi connectivity index (χ2v) is 3.97. The van der Waals surface area contributed by atoms with Crippen LogP contribution >= 0.6 is 23.4 Å². The molecule has 0 aromatic heterocycles. The molecule has 0 aliphatic carbocycles. The minimum Gasteiger partial charge on any atom is -0.462 e. The summed E-state index contributed by atoms with van der Waals surface area (Å²) >= 11 is 7.15. The van der Waals surface area contributed by atoms with Crippen molar-refractivity contribution < 1.29 is 9.53 Å². The summed E-state index contributed by atoms with van der Waals surface area (Å²) in [6.07, 6.45) is 3.22. The third-order valence-electron chi connectivity index (χ3n) is 1.44. The maximum Gasteiger partial charge on any atom is 0.340 e. The predicted octanol–water partition coefficient (Wildman–Crippen LogP) is 2.97. The maximum absolute atomic E-state index is 11.4. The van der Waals surface area contributed by atoms with Crippen LogP contribution in [0.25, 0.3) is 0 Å². The maximum atomic E-state index is 11.4. The van der Waals surface area contributed by atoms with Gasteiger partial charge in [-0.05, 0) is 20.1 Å². The summed E-state index contributed by atoms with van der Waals surface area (Å²) < 4.78 is 4.82. The average Bonchev–Trinajstić information content (AvgIpc) is 2.17. The summed E-state index contributed by atoms with van der Waals surface area (Å²) in [6.45, 7) is 7.31. The first kappa shape index (κ1) is 14.3. The van der Waals surface area contributed by atoms with E-state index < -0.39 is 5.97 Å². The van der Waals surface area contributed by atoms with E-state index >= 15 is 0 Å². The van der Waals surface area contributed by atoms with Gasteiger partial charge in [0.25, 0.3) is 0 Å². The number of hydrogen-bond donors (Lipinski definition) is 0. The second-order valence-electron chi connectivity index (χ2n) is 2.52. The number of carbonyl (C=O) groups excluding carboxylic acids is 1. The van der Waals surface area contributed by atoms with Crippen LogP contribution in [0.1, 0.15) is 13.8 Å². The molecule has 84 valence electrons. The van der Waals surface area contributed by atoms with Gasteiger partial charge in [-0.3, -0.25) is 0 Å². The van der Waals surface area contributed by atoms with E-state index in [1.165, 1.54) is 18.0 Å². The highest BCUT2D eigenvalue weighted by Crippen LogP contribution is 2.12. The summed E-state index contributed by atoms with van der Waals surface area (Å²) in [5.74, 6) is -0.470. The van der Waals surface area contributed by atoms with Crippen LogP contribution in [0.15, 0.2) is 27.2 Å². The van der Waals surface area contributed by atoms with Crippen LogP contribution < -0.4 is 0 Å². The Hall–Kier alpha value is -0.740. The molecule has 15 heavy (non-hydrogen) atoms. The number of ether oxygens (including phenoxy) is 1. The van der Waals surface area contributed by atoms with Crippen molar-refractivity contribution in [3.05, 3.63) is 22.2 Å². The molecule has 0 aromatic carbocycles. The lowest BCUT2D eigenvalue weighted by Crippen LogP contribution is -2.09. The molecule has 0 heterocycles. The molecular formula is C10H14ClNO2S. The fraction of sp³-hybridized carbons (Fsp3) is 0.400. The topological polar surface area (TPSA) is 38.7 Å². The number of hydrogen-bond acceptors (Lipinski definition) is 4. The number of carbonyl (C=O) groups is 1. The Bertz CT molecular complexity index is 307. The summed E-state index contributed by atoms with van der Waals surface area (Å²) in [4.78, 5) is 15.4. The third kappa shape index (κ3) is 5.64. The van der Waals surface area contributed by atoms with Gasteiger partial charge >= 0.3 is 5.97 Å². The highest BCUT2D eigenvalue weighted by Gasteiger charge is 2.10. The van der Waals surface area contributed by atoms with Gasteiger partial charge in [0.15, 0.2) is 0 Å². The Morgan fingerprint density at radius 3 is 2.67 bits per heavy atom. The van der Waals surface area contributed by atoms with E-state index in [1.807, 2.05) is 6.26 Å². The van der Waals surface area contributed by atoms with E-state index in [2.05, 4.69) is 11.6 Å². The van der Waals surface area contributed by atoms with Crippen molar-refractivity contribution in [1.29, 1.82) is 0 Å². The number of rotatable bonds is 5. The summed E-state index contributed by atoms with van der Waals surface area (Å²) in [6, 6.07) is 0. The minimum atomic E-state index is -0.470. The van der Waals surface area contributed by atoms with E-state index in [-0.39, 0.29) is 5.57 Å². The van der Waals surface area contributed by atoms with Gasteiger partial charge in [-0.15, -0.1) is 11.8 Å². The third-order valence-corrected chi connectivity index (χ3v) is 2.22. The summed E-state index contributed by atoms with van der Waals surface area (Å²) in [5, 5.41) is 0.959. The first-order valence-electron chi connectivity index (χ1n) is 4.33. The van der Waals surface area contributed by atoms with Gasteiger partial charge < -0.3 is 4.74 Å². The molecule has 3 nitrogen and oxygen atoms in total. The SMILES string of the molecule is C=C(/N=C\C(C(=O)OCC)=C(/C)Cl)SC. The molecule has 0 saturated heterocycles. The molecule has 0 saturated carbocycles. The van der Waals surface area contributed by atoms with Crippen molar-refractivity contribution in [3.63, 3.8) is 0 Å². The lowest BCUT2D eigenvalue weighted by atomic mass is 10.3. The minimum absolute atomic E-state index is 0.258. The first-order chi connectivity index (χ1) is 7.02. The lowest BCUT2D eigenvalue weighted by Gasteiger charge is -2.02. The number of esters is 1. The molecule has 5 heteroatoms. The van der Waals surface area contributed by atoms with Crippen molar-refractivity contribution >= 4 is 35.5 Å². The molecule has 0 aliphatic heterocycles. The van der Waals surface area contributed by atoms with Crippen LogP contribution in [0.4, 0.5) is 0 Å². The molecule has 0 aromatic rings. The zero-order valence-electron chi connectivity index (χ0n) is 9.04. The quantitative estimate of drug-likeness (QED) is 0.426. The van der Waals surface area contributed by atoms with Crippen LogP contribution in [-0.4, -0.2) is 25.0 Å². The second kappa shape index (κ2) is 7.54. The Labute approximate surface area is 99.2 Å². The van der Waals surface area contributed by atoms with Crippen molar-refractivity contribution in [3.8, 4) is 0 Å². The van der Waals surface area contributed by atoms with Crippen LogP contribution in [0, 0.1) is 0 Å². The number of aliphatic imine (C=N–C) groups is 1. The summed E-state index contributed by atoms with van der Waals surface area (Å²) in [5.41, 5.74) is 0.258.